The maximum Gasteiger partial charge on any atom is 0.0947 e. The summed E-state index contributed by atoms with van der Waals surface area (Å²) in [4.78, 5) is 0. The minimum atomic E-state index is -1.74. The molecule has 0 aliphatic rings. The van der Waals surface area contributed by atoms with Gasteiger partial charge in [-0.15, -0.1) is 0 Å². The molecule has 0 radical (unpaired) electrons. The SMILES string of the molecule is CCN(CC)P(Cl)(=C[Si](C)(C)C)N(CC)CC. The quantitative estimate of drug-likeness (QED) is 0.509. The molecule has 0 heterocycles. The molecule has 17 heavy (non-hydrogen) atoms. The normalized spacial score (nSPS) is 13.5. The van der Waals surface area contributed by atoms with Gasteiger partial charge >= 0.3 is 0 Å². The molecule has 0 aromatic carbocycles. The van der Waals surface area contributed by atoms with Gasteiger partial charge in [0.1, 0.15) is 0 Å². The van der Waals surface area contributed by atoms with Crippen molar-refractivity contribution in [3.63, 3.8) is 0 Å². The summed E-state index contributed by atoms with van der Waals surface area (Å²) >= 11 is 7.10. The average molecular weight is 297 g/mol. The van der Waals surface area contributed by atoms with Crippen molar-refractivity contribution in [2.45, 2.75) is 47.3 Å². The van der Waals surface area contributed by atoms with Gasteiger partial charge in [0.2, 0.25) is 0 Å². The fourth-order valence-electron chi connectivity index (χ4n) is 2.08. The van der Waals surface area contributed by atoms with Crippen LogP contribution in [0.5, 0.6) is 0 Å². The van der Waals surface area contributed by atoms with Gasteiger partial charge < -0.3 is 0 Å². The molecule has 0 unspecified atom stereocenters. The lowest BCUT2D eigenvalue weighted by atomic mass is 10.7. The van der Waals surface area contributed by atoms with Crippen LogP contribution >= 0.6 is 17.8 Å². The third-order valence-electron chi connectivity index (χ3n) is 2.81. The van der Waals surface area contributed by atoms with Crippen LogP contribution in [0.1, 0.15) is 27.7 Å². The van der Waals surface area contributed by atoms with E-state index < -0.39 is 14.6 Å². The van der Waals surface area contributed by atoms with E-state index in [1.165, 1.54) is 0 Å². The van der Waals surface area contributed by atoms with Crippen molar-refractivity contribution >= 4 is 31.3 Å². The lowest BCUT2D eigenvalue weighted by molar-refractivity contribution is 0.431. The first-order valence-electron chi connectivity index (χ1n) is 6.71. The summed E-state index contributed by atoms with van der Waals surface area (Å²) < 4.78 is 4.92. The molecule has 0 aromatic rings. The number of hydrogen-bond donors (Lipinski definition) is 0. The van der Waals surface area contributed by atoms with E-state index in [4.69, 9.17) is 11.2 Å². The van der Waals surface area contributed by atoms with Crippen LogP contribution < -0.4 is 0 Å². The standard InChI is InChI=1S/C12H30ClN2PSi/c1-8-14(9-2)16(13,12-17(5,6)7)15(10-3)11-4/h12H,8-11H2,1-7H3. The van der Waals surface area contributed by atoms with Gasteiger partial charge in [-0.3, -0.25) is 9.34 Å². The summed E-state index contributed by atoms with van der Waals surface area (Å²) in [7, 11) is -1.27. The Bertz CT molecular complexity index is 252. The Balaban J connectivity index is 5.57. The second-order valence-electron chi connectivity index (χ2n) is 5.34. The lowest BCUT2D eigenvalue weighted by Crippen LogP contribution is -2.35. The van der Waals surface area contributed by atoms with Gasteiger partial charge in [0.25, 0.3) is 0 Å². The van der Waals surface area contributed by atoms with Crippen LogP contribution in [0.25, 0.3) is 0 Å². The Labute approximate surface area is 114 Å². The van der Waals surface area contributed by atoms with E-state index >= 15 is 0 Å². The third-order valence-corrected chi connectivity index (χ3v) is 12.1. The number of rotatable bonds is 7. The first-order valence-corrected chi connectivity index (χ1v) is 13.0. The molecule has 2 nitrogen and oxygen atoms in total. The average Bonchev–Trinajstić information content (AvgIpc) is 2.18. The molecule has 0 spiro atoms. The topological polar surface area (TPSA) is 6.48 Å². The summed E-state index contributed by atoms with van der Waals surface area (Å²) in [6.07, 6.45) is 0. The minimum Gasteiger partial charge on any atom is -0.261 e. The van der Waals surface area contributed by atoms with E-state index in [-0.39, 0.29) is 0 Å². The molecule has 0 saturated heterocycles. The van der Waals surface area contributed by atoms with Crippen LogP contribution in [0, 0.1) is 0 Å². The zero-order valence-corrected chi connectivity index (χ0v) is 15.3. The molecule has 0 atom stereocenters. The Hall–Kier alpha value is 0.727. The molecule has 0 N–H and O–H groups in total. The fraction of sp³-hybridized carbons (Fsp3) is 0.917. The maximum absolute atomic E-state index is 7.10. The van der Waals surface area contributed by atoms with Crippen LogP contribution in [0.3, 0.4) is 0 Å². The van der Waals surface area contributed by atoms with E-state index in [1.54, 1.807) is 0 Å². The number of halogens is 1. The molecule has 0 amide bonds. The van der Waals surface area contributed by atoms with Crippen molar-refractivity contribution in [1.29, 1.82) is 0 Å². The molecule has 0 aliphatic heterocycles. The fourth-order valence-corrected chi connectivity index (χ4v) is 13.2. The van der Waals surface area contributed by atoms with Crippen molar-refractivity contribution in [3.05, 3.63) is 0 Å². The predicted octanol–water partition coefficient (Wildman–Crippen LogP) is 4.35. The predicted molar refractivity (Wildman–Crippen MR) is 88.0 cm³/mol. The van der Waals surface area contributed by atoms with Crippen molar-refractivity contribution in [2.75, 3.05) is 26.2 Å². The van der Waals surface area contributed by atoms with Gasteiger partial charge in [-0.25, -0.2) is 0 Å². The van der Waals surface area contributed by atoms with Crippen molar-refractivity contribution < 1.29 is 0 Å². The molecule has 0 rings (SSSR count). The second-order valence-corrected chi connectivity index (χ2v) is 14.9. The lowest BCUT2D eigenvalue weighted by Gasteiger charge is -2.41. The summed E-state index contributed by atoms with van der Waals surface area (Å²) in [5.74, 6) is 0. The van der Waals surface area contributed by atoms with Crippen LogP contribution in [0.2, 0.25) is 19.6 Å². The Morgan fingerprint density at radius 1 is 0.882 bits per heavy atom. The summed E-state index contributed by atoms with van der Waals surface area (Å²) in [6, 6.07) is 0. The number of nitrogens with zero attached hydrogens (tertiary/aromatic N) is 2. The Morgan fingerprint density at radius 2 is 1.18 bits per heavy atom. The molecule has 0 bridgehead atoms. The molecule has 0 aliphatic carbocycles. The highest BCUT2D eigenvalue weighted by atomic mass is 35.7. The first kappa shape index (κ1) is 17.7. The monoisotopic (exact) mass is 296 g/mol. The van der Waals surface area contributed by atoms with Crippen molar-refractivity contribution in [3.8, 4) is 0 Å². The van der Waals surface area contributed by atoms with Gasteiger partial charge in [0.05, 0.1) is 14.6 Å². The van der Waals surface area contributed by atoms with Crippen molar-refractivity contribution in [2.24, 2.45) is 0 Å². The highest BCUT2D eigenvalue weighted by Crippen LogP contribution is 2.59. The van der Waals surface area contributed by atoms with E-state index in [0.717, 1.165) is 26.2 Å². The Morgan fingerprint density at radius 3 is 1.35 bits per heavy atom. The number of hydrogen-bond acceptors (Lipinski definition) is 2. The first-order chi connectivity index (χ1) is 7.75. The molecular formula is C12H30ClN2PSi. The van der Waals surface area contributed by atoms with Gasteiger partial charge in [0.15, 0.2) is 0 Å². The molecule has 0 aromatic heterocycles. The van der Waals surface area contributed by atoms with Crippen LogP contribution in [-0.2, 0) is 0 Å². The highest BCUT2D eigenvalue weighted by Gasteiger charge is 2.29. The molecule has 5 heteroatoms. The molecule has 104 valence electrons. The summed E-state index contributed by atoms with van der Waals surface area (Å²) in [5.41, 5.74) is 2.52. The van der Waals surface area contributed by atoms with Gasteiger partial charge in [-0.05, 0) is 0 Å². The maximum atomic E-state index is 7.10. The van der Waals surface area contributed by atoms with Crippen LogP contribution in [0.4, 0.5) is 0 Å². The van der Waals surface area contributed by atoms with E-state index in [9.17, 15) is 0 Å². The van der Waals surface area contributed by atoms with Gasteiger partial charge in [-0.2, -0.15) is 0 Å². The van der Waals surface area contributed by atoms with Gasteiger partial charge in [0, 0.05) is 26.2 Å². The molecule has 0 saturated carbocycles. The summed E-state index contributed by atoms with van der Waals surface area (Å²) in [5, 5.41) is 0. The second kappa shape index (κ2) is 7.35. The largest absolute Gasteiger partial charge is 0.261 e. The van der Waals surface area contributed by atoms with Crippen molar-refractivity contribution in [1.82, 2.24) is 9.34 Å². The zero-order chi connectivity index (χ0) is 13.7. The Kier molecular flexibility index (Phi) is 7.66. The summed E-state index contributed by atoms with van der Waals surface area (Å²) in [6.45, 7) is 18.4. The zero-order valence-electron chi connectivity index (χ0n) is 12.6. The van der Waals surface area contributed by atoms with E-state index in [0.29, 0.717) is 0 Å². The molecular weight excluding hydrogens is 267 g/mol. The van der Waals surface area contributed by atoms with Crippen LogP contribution in [0.15, 0.2) is 0 Å². The minimum absolute atomic E-state index is 1.03. The van der Waals surface area contributed by atoms with E-state index in [2.05, 4.69) is 62.1 Å². The molecule has 0 fully saturated rings. The smallest absolute Gasteiger partial charge is 0.0947 e. The third kappa shape index (κ3) is 5.08. The highest BCUT2D eigenvalue weighted by molar-refractivity contribution is 7.96. The van der Waals surface area contributed by atoms with E-state index in [1.807, 2.05) is 0 Å². The van der Waals surface area contributed by atoms with Crippen LogP contribution in [-0.4, -0.2) is 49.0 Å². The van der Waals surface area contributed by atoms with Gasteiger partial charge in [-0.1, -0.05) is 64.0 Å².